The highest BCUT2D eigenvalue weighted by Crippen LogP contribution is 2.47. The first-order chi connectivity index (χ1) is 11.4. The van der Waals surface area contributed by atoms with Crippen LogP contribution in [0.3, 0.4) is 0 Å². The van der Waals surface area contributed by atoms with Gasteiger partial charge in [-0.3, -0.25) is 4.79 Å². The molecule has 24 heavy (non-hydrogen) atoms. The van der Waals surface area contributed by atoms with Crippen molar-refractivity contribution in [3.8, 4) is 17.6 Å². The number of phenols is 1. The first-order valence-electron chi connectivity index (χ1n) is 7.14. The molecule has 1 unspecified atom stereocenters. The minimum atomic E-state index is -0.643. The number of rotatable bonds is 2. The number of ketones is 1. The Hall–Kier alpha value is -2.97. The molecule has 3 rings (SSSR count). The van der Waals surface area contributed by atoms with Crippen molar-refractivity contribution < 1.29 is 14.6 Å². The molecule has 0 aliphatic carbocycles. The lowest BCUT2D eigenvalue weighted by Gasteiger charge is -2.27. The molecule has 6 heteroatoms. The number of carbonyl (C=O) groups excluding carboxylic acids is 1. The number of hydrogen-bond acceptors (Lipinski definition) is 5. The standard InChI is InChI=1S/C18H13ClN2O3/c1-9(22)12-6-7-14-16(17(12)23)15(13(8-20)18(21)24-14)10-2-4-11(19)5-3-10/h2-7,15,23H,21H2,1H3. The average molecular weight is 341 g/mol. The smallest absolute Gasteiger partial charge is 0.205 e. The summed E-state index contributed by atoms with van der Waals surface area (Å²) in [6, 6.07) is 11.9. The van der Waals surface area contributed by atoms with E-state index >= 15 is 0 Å². The molecule has 1 aliphatic rings. The van der Waals surface area contributed by atoms with Crippen LogP contribution in [0.15, 0.2) is 47.9 Å². The molecule has 0 saturated heterocycles. The van der Waals surface area contributed by atoms with Gasteiger partial charge in [-0.15, -0.1) is 0 Å². The Kier molecular flexibility index (Phi) is 3.92. The molecule has 1 aliphatic heterocycles. The first-order valence-corrected chi connectivity index (χ1v) is 7.51. The number of hydrogen-bond donors (Lipinski definition) is 2. The predicted molar refractivity (Wildman–Crippen MR) is 88.9 cm³/mol. The van der Waals surface area contributed by atoms with Gasteiger partial charge in [0, 0.05) is 5.02 Å². The van der Waals surface area contributed by atoms with E-state index in [1.165, 1.54) is 13.0 Å². The van der Waals surface area contributed by atoms with Crippen LogP contribution in [0.4, 0.5) is 0 Å². The van der Waals surface area contributed by atoms with Crippen LogP contribution in [0, 0.1) is 11.3 Å². The Morgan fingerprint density at radius 2 is 1.96 bits per heavy atom. The van der Waals surface area contributed by atoms with Crippen LogP contribution >= 0.6 is 11.6 Å². The second kappa shape index (κ2) is 5.91. The van der Waals surface area contributed by atoms with E-state index in [-0.39, 0.29) is 28.6 Å². The van der Waals surface area contributed by atoms with Crippen molar-refractivity contribution in [3.05, 3.63) is 69.6 Å². The van der Waals surface area contributed by atoms with Crippen molar-refractivity contribution in [1.82, 2.24) is 0 Å². The summed E-state index contributed by atoms with van der Waals surface area (Å²) in [6.45, 7) is 1.36. The van der Waals surface area contributed by atoms with Gasteiger partial charge in [-0.05, 0) is 36.8 Å². The van der Waals surface area contributed by atoms with E-state index in [2.05, 4.69) is 0 Å². The lowest BCUT2D eigenvalue weighted by molar-refractivity contribution is 0.101. The summed E-state index contributed by atoms with van der Waals surface area (Å²) in [5, 5.41) is 20.6. The zero-order chi connectivity index (χ0) is 17.4. The minimum Gasteiger partial charge on any atom is -0.507 e. The van der Waals surface area contributed by atoms with Crippen LogP contribution in [0.25, 0.3) is 0 Å². The fraction of sp³-hybridized carbons (Fsp3) is 0.111. The number of nitrogens with two attached hydrogens (primary N) is 1. The molecule has 0 radical (unpaired) electrons. The quantitative estimate of drug-likeness (QED) is 0.816. The number of carbonyl (C=O) groups is 1. The molecule has 0 aromatic heterocycles. The number of Topliss-reactive ketones (excluding diaryl/α,β-unsaturated/α-hetero) is 1. The van der Waals surface area contributed by atoms with Gasteiger partial charge in [0.2, 0.25) is 5.88 Å². The van der Waals surface area contributed by atoms with Gasteiger partial charge in [0.1, 0.15) is 23.1 Å². The van der Waals surface area contributed by atoms with Crippen LogP contribution in [0.5, 0.6) is 11.5 Å². The van der Waals surface area contributed by atoms with Gasteiger partial charge in [0.05, 0.1) is 17.0 Å². The normalized spacial score (nSPS) is 16.1. The van der Waals surface area contributed by atoms with E-state index in [4.69, 9.17) is 22.1 Å². The maximum Gasteiger partial charge on any atom is 0.205 e. The molecule has 0 fully saturated rings. The summed E-state index contributed by atoms with van der Waals surface area (Å²) in [4.78, 5) is 11.7. The number of aromatic hydroxyl groups is 1. The van der Waals surface area contributed by atoms with E-state index in [0.29, 0.717) is 21.9 Å². The molecule has 3 N–H and O–H groups in total. The summed E-state index contributed by atoms with van der Waals surface area (Å²) < 4.78 is 5.46. The Labute approximate surface area is 143 Å². The van der Waals surface area contributed by atoms with Gasteiger partial charge < -0.3 is 15.6 Å². The third kappa shape index (κ3) is 2.47. The highest BCUT2D eigenvalue weighted by atomic mass is 35.5. The van der Waals surface area contributed by atoms with Crippen molar-refractivity contribution in [1.29, 1.82) is 5.26 Å². The molecule has 2 aromatic rings. The fourth-order valence-electron chi connectivity index (χ4n) is 2.81. The lowest BCUT2D eigenvalue weighted by Crippen LogP contribution is -2.21. The largest absolute Gasteiger partial charge is 0.507 e. The highest BCUT2D eigenvalue weighted by Gasteiger charge is 2.34. The van der Waals surface area contributed by atoms with Crippen molar-refractivity contribution in [3.63, 3.8) is 0 Å². The monoisotopic (exact) mass is 340 g/mol. The topological polar surface area (TPSA) is 96.3 Å². The Bertz CT molecular complexity index is 911. The zero-order valence-corrected chi connectivity index (χ0v) is 13.5. The van der Waals surface area contributed by atoms with E-state index in [0.717, 1.165) is 0 Å². The zero-order valence-electron chi connectivity index (χ0n) is 12.7. The second-order valence-corrected chi connectivity index (χ2v) is 5.84. The SMILES string of the molecule is CC(=O)c1ccc2c(c1O)C(c1ccc(Cl)cc1)C(C#N)=C(N)O2. The molecular weight excluding hydrogens is 328 g/mol. The van der Waals surface area contributed by atoms with Gasteiger partial charge in [0.15, 0.2) is 5.78 Å². The molecule has 0 bridgehead atoms. The van der Waals surface area contributed by atoms with Crippen LogP contribution in [0.1, 0.15) is 34.3 Å². The van der Waals surface area contributed by atoms with Crippen LogP contribution in [-0.4, -0.2) is 10.9 Å². The molecule has 0 amide bonds. The van der Waals surface area contributed by atoms with E-state index in [1.54, 1.807) is 30.3 Å². The number of halogens is 1. The van der Waals surface area contributed by atoms with Crippen LogP contribution < -0.4 is 10.5 Å². The van der Waals surface area contributed by atoms with Gasteiger partial charge in [-0.2, -0.15) is 5.26 Å². The number of fused-ring (bicyclic) bond motifs is 1. The molecule has 1 atom stereocenters. The summed E-state index contributed by atoms with van der Waals surface area (Å²) in [6.07, 6.45) is 0. The van der Waals surface area contributed by atoms with Gasteiger partial charge >= 0.3 is 0 Å². The molecule has 0 spiro atoms. The Morgan fingerprint density at radius 1 is 1.29 bits per heavy atom. The molecule has 5 nitrogen and oxygen atoms in total. The molecular formula is C18H13ClN2O3. The number of benzene rings is 2. The second-order valence-electron chi connectivity index (χ2n) is 5.41. The van der Waals surface area contributed by atoms with Crippen molar-refractivity contribution in [2.24, 2.45) is 5.73 Å². The van der Waals surface area contributed by atoms with Gasteiger partial charge in [-0.1, -0.05) is 23.7 Å². The number of phenolic OH excluding ortho intramolecular Hbond substituents is 1. The number of allylic oxidation sites excluding steroid dienone is 1. The van der Waals surface area contributed by atoms with Crippen molar-refractivity contribution in [2.75, 3.05) is 0 Å². The Morgan fingerprint density at radius 3 is 2.54 bits per heavy atom. The van der Waals surface area contributed by atoms with Gasteiger partial charge in [-0.25, -0.2) is 0 Å². The Balaban J connectivity index is 2.30. The first kappa shape index (κ1) is 15.9. The van der Waals surface area contributed by atoms with Crippen molar-refractivity contribution in [2.45, 2.75) is 12.8 Å². The van der Waals surface area contributed by atoms with E-state index < -0.39 is 5.92 Å². The molecule has 0 saturated carbocycles. The predicted octanol–water partition coefficient (Wildman–Crippen LogP) is 3.47. The summed E-state index contributed by atoms with van der Waals surface area (Å²) in [5.41, 5.74) is 7.25. The third-order valence-electron chi connectivity index (χ3n) is 3.94. The maximum absolute atomic E-state index is 11.7. The fourth-order valence-corrected chi connectivity index (χ4v) is 2.94. The van der Waals surface area contributed by atoms with Crippen LogP contribution in [0.2, 0.25) is 5.02 Å². The molecule has 1 heterocycles. The van der Waals surface area contributed by atoms with Gasteiger partial charge in [0.25, 0.3) is 0 Å². The number of nitrogens with zero attached hydrogens (tertiary/aromatic N) is 1. The lowest BCUT2D eigenvalue weighted by atomic mass is 9.82. The van der Waals surface area contributed by atoms with Crippen molar-refractivity contribution >= 4 is 17.4 Å². The van der Waals surface area contributed by atoms with E-state index in [1.807, 2.05) is 6.07 Å². The minimum absolute atomic E-state index is 0.0278. The third-order valence-corrected chi connectivity index (χ3v) is 4.19. The van der Waals surface area contributed by atoms with Crippen LogP contribution in [-0.2, 0) is 0 Å². The number of ether oxygens (including phenoxy) is 1. The number of nitriles is 1. The summed E-state index contributed by atoms with van der Waals surface area (Å²) >= 11 is 5.93. The van der Waals surface area contributed by atoms with E-state index in [9.17, 15) is 15.2 Å². The average Bonchev–Trinajstić information content (AvgIpc) is 2.54. The summed E-state index contributed by atoms with van der Waals surface area (Å²) in [5.74, 6) is -0.851. The highest BCUT2D eigenvalue weighted by molar-refractivity contribution is 6.30. The maximum atomic E-state index is 11.7. The summed E-state index contributed by atoms with van der Waals surface area (Å²) in [7, 11) is 0. The molecule has 2 aromatic carbocycles. The molecule has 120 valence electrons.